The van der Waals surface area contributed by atoms with Gasteiger partial charge in [-0.05, 0) is 53.6 Å². The van der Waals surface area contributed by atoms with E-state index in [0.717, 1.165) is 23.2 Å². The van der Waals surface area contributed by atoms with E-state index < -0.39 is 40.6 Å². The molecule has 0 radical (unpaired) electrons. The summed E-state index contributed by atoms with van der Waals surface area (Å²) in [5.74, 6) is -4.76. The van der Waals surface area contributed by atoms with Crippen molar-refractivity contribution in [3.63, 3.8) is 0 Å². The molecule has 5 nitrogen and oxygen atoms in total. The molecule has 1 N–H and O–H groups in total. The van der Waals surface area contributed by atoms with E-state index in [1.807, 2.05) is 0 Å². The van der Waals surface area contributed by atoms with Crippen molar-refractivity contribution in [1.82, 2.24) is 5.32 Å². The average Bonchev–Trinajstić information content (AvgIpc) is 3.41. The molecule has 0 saturated heterocycles. The fourth-order valence-electron chi connectivity index (χ4n) is 4.12. The van der Waals surface area contributed by atoms with Crippen molar-refractivity contribution in [3.8, 4) is 0 Å². The first-order chi connectivity index (χ1) is 16.3. The number of rotatable bonds is 7. The van der Waals surface area contributed by atoms with E-state index in [0.29, 0.717) is 11.6 Å². The van der Waals surface area contributed by atoms with Gasteiger partial charge in [0.05, 0.1) is 23.9 Å². The molecule has 2 aromatic carbocycles. The molecule has 10 heteroatoms. The molecule has 4 rings (SSSR count). The summed E-state index contributed by atoms with van der Waals surface area (Å²) >= 11 is 1.36. The zero-order valence-electron chi connectivity index (χ0n) is 18.3. The van der Waals surface area contributed by atoms with Crippen LogP contribution in [0.15, 0.2) is 58.3 Å². The SMILES string of the molecule is COCCNC(=O)C1(C)C(c2ccsc2)C(c2ccc(F)cc2F)=NN1c1ccc(F)cc1F. The third kappa shape index (κ3) is 4.19. The number of amides is 1. The molecule has 0 saturated carbocycles. The van der Waals surface area contributed by atoms with Gasteiger partial charge in [-0.3, -0.25) is 4.79 Å². The molecule has 1 amide bonds. The molecule has 1 aromatic heterocycles. The molecule has 2 atom stereocenters. The summed E-state index contributed by atoms with van der Waals surface area (Å²) in [7, 11) is 1.48. The summed E-state index contributed by atoms with van der Waals surface area (Å²) < 4.78 is 62.1. The van der Waals surface area contributed by atoms with Gasteiger partial charge in [-0.15, -0.1) is 0 Å². The Balaban J connectivity index is 1.93. The second-order valence-corrected chi connectivity index (χ2v) is 8.68. The number of nitrogens with zero attached hydrogens (tertiary/aromatic N) is 2. The number of carbonyl (C=O) groups is 1. The summed E-state index contributed by atoms with van der Waals surface area (Å²) in [5, 5.41) is 12.0. The number of nitrogens with one attached hydrogen (secondary N) is 1. The number of halogens is 4. The predicted molar refractivity (Wildman–Crippen MR) is 122 cm³/mol. The van der Waals surface area contributed by atoms with Crippen molar-refractivity contribution in [2.24, 2.45) is 5.10 Å². The molecule has 0 fully saturated rings. The van der Waals surface area contributed by atoms with Gasteiger partial charge < -0.3 is 10.1 Å². The van der Waals surface area contributed by atoms with E-state index in [2.05, 4.69) is 10.4 Å². The molecule has 0 aliphatic carbocycles. The summed E-state index contributed by atoms with van der Waals surface area (Å²) in [5.41, 5.74) is -1.02. The molecule has 1 aliphatic rings. The van der Waals surface area contributed by atoms with Gasteiger partial charge in [-0.25, -0.2) is 22.6 Å². The Morgan fingerprint density at radius 3 is 2.44 bits per heavy atom. The van der Waals surface area contributed by atoms with Gasteiger partial charge in [-0.1, -0.05) is 0 Å². The van der Waals surface area contributed by atoms with Crippen LogP contribution >= 0.6 is 11.3 Å². The minimum Gasteiger partial charge on any atom is -0.383 e. The van der Waals surface area contributed by atoms with E-state index in [4.69, 9.17) is 4.74 Å². The van der Waals surface area contributed by atoms with E-state index in [1.54, 1.807) is 23.8 Å². The summed E-state index contributed by atoms with van der Waals surface area (Å²) in [6.45, 7) is 1.95. The highest BCUT2D eigenvalue weighted by molar-refractivity contribution is 7.08. The monoisotopic (exact) mass is 491 g/mol. The van der Waals surface area contributed by atoms with Crippen LogP contribution in [0, 0.1) is 23.3 Å². The lowest BCUT2D eigenvalue weighted by atomic mass is 9.76. The lowest BCUT2D eigenvalue weighted by Crippen LogP contribution is -2.57. The topological polar surface area (TPSA) is 53.9 Å². The predicted octanol–water partition coefficient (Wildman–Crippen LogP) is 4.83. The maximum absolute atomic E-state index is 14.9. The van der Waals surface area contributed by atoms with Crippen LogP contribution in [0.2, 0.25) is 0 Å². The highest BCUT2D eigenvalue weighted by Crippen LogP contribution is 2.46. The van der Waals surface area contributed by atoms with Crippen LogP contribution in [0.5, 0.6) is 0 Å². The average molecular weight is 492 g/mol. The molecular formula is C24H21F4N3O2S. The third-order valence-corrected chi connectivity index (χ3v) is 6.46. The maximum atomic E-state index is 14.9. The molecule has 0 spiro atoms. The Hall–Kier alpha value is -3.24. The van der Waals surface area contributed by atoms with Crippen LogP contribution in [0.4, 0.5) is 23.2 Å². The maximum Gasteiger partial charge on any atom is 0.248 e. The van der Waals surface area contributed by atoms with Gasteiger partial charge in [-0.2, -0.15) is 16.4 Å². The van der Waals surface area contributed by atoms with E-state index in [9.17, 15) is 22.4 Å². The van der Waals surface area contributed by atoms with Crippen molar-refractivity contribution in [3.05, 3.63) is 87.6 Å². The van der Waals surface area contributed by atoms with Crippen LogP contribution < -0.4 is 10.3 Å². The lowest BCUT2D eigenvalue weighted by molar-refractivity contribution is -0.126. The van der Waals surface area contributed by atoms with Crippen molar-refractivity contribution in [2.75, 3.05) is 25.3 Å². The largest absolute Gasteiger partial charge is 0.383 e. The Morgan fingerprint density at radius 2 is 1.82 bits per heavy atom. The molecule has 3 aromatic rings. The quantitative estimate of drug-likeness (QED) is 0.380. The minimum absolute atomic E-state index is 0.0291. The smallest absolute Gasteiger partial charge is 0.248 e. The van der Waals surface area contributed by atoms with Gasteiger partial charge in [0.1, 0.15) is 17.5 Å². The fraction of sp³-hybridized carbons (Fsp3) is 0.250. The second kappa shape index (κ2) is 9.55. The van der Waals surface area contributed by atoms with Crippen molar-refractivity contribution >= 4 is 28.6 Å². The number of ether oxygens (including phenoxy) is 1. The number of hydrazone groups is 1. The van der Waals surface area contributed by atoms with E-state index in [1.165, 1.54) is 30.6 Å². The van der Waals surface area contributed by atoms with Gasteiger partial charge >= 0.3 is 0 Å². The Kier molecular flexibility index (Phi) is 6.72. The third-order valence-electron chi connectivity index (χ3n) is 5.76. The normalized spacial score (nSPS) is 19.9. The second-order valence-electron chi connectivity index (χ2n) is 7.90. The number of benzene rings is 2. The molecule has 34 heavy (non-hydrogen) atoms. The Morgan fingerprint density at radius 1 is 1.12 bits per heavy atom. The van der Waals surface area contributed by atoms with E-state index in [-0.39, 0.29) is 30.1 Å². The summed E-state index contributed by atoms with van der Waals surface area (Å²) in [4.78, 5) is 13.6. The first-order valence-corrected chi connectivity index (χ1v) is 11.3. The zero-order valence-corrected chi connectivity index (χ0v) is 19.1. The Bertz CT molecular complexity index is 1230. The number of hydrogen-bond donors (Lipinski definition) is 1. The number of thiophene rings is 1. The summed E-state index contributed by atoms with van der Waals surface area (Å²) in [6, 6.07) is 7.71. The fourth-order valence-corrected chi connectivity index (χ4v) is 4.80. The van der Waals surface area contributed by atoms with Crippen LogP contribution in [0.25, 0.3) is 0 Å². The van der Waals surface area contributed by atoms with Gasteiger partial charge in [0.25, 0.3) is 0 Å². The number of methoxy groups -OCH3 is 1. The van der Waals surface area contributed by atoms with Gasteiger partial charge in [0.15, 0.2) is 11.4 Å². The minimum atomic E-state index is -1.58. The lowest BCUT2D eigenvalue weighted by Gasteiger charge is -2.37. The van der Waals surface area contributed by atoms with Gasteiger partial charge in [0, 0.05) is 31.4 Å². The first-order valence-electron chi connectivity index (χ1n) is 10.4. The summed E-state index contributed by atoms with van der Waals surface area (Å²) in [6.07, 6.45) is 0. The highest BCUT2D eigenvalue weighted by atomic mass is 32.1. The van der Waals surface area contributed by atoms with Crippen molar-refractivity contribution in [1.29, 1.82) is 0 Å². The molecule has 0 bridgehead atoms. The van der Waals surface area contributed by atoms with E-state index >= 15 is 0 Å². The molecule has 1 aliphatic heterocycles. The van der Waals surface area contributed by atoms with Crippen LogP contribution in [0.3, 0.4) is 0 Å². The van der Waals surface area contributed by atoms with Crippen molar-refractivity contribution < 1.29 is 27.1 Å². The zero-order chi connectivity index (χ0) is 24.5. The molecule has 2 heterocycles. The molecular weight excluding hydrogens is 470 g/mol. The molecule has 2 unspecified atom stereocenters. The Labute approximate surface area is 197 Å². The molecule has 178 valence electrons. The van der Waals surface area contributed by atoms with Crippen molar-refractivity contribution in [2.45, 2.75) is 18.4 Å². The van der Waals surface area contributed by atoms with Crippen LogP contribution in [-0.2, 0) is 9.53 Å². The van der Waals surface area contributed by atoms with Gasteiger partial charge in [0.2, 0.25) is 5.91 Å². The standard InChI is InChI=1S/C24H21F4N3O2S/c1-24(23(32)29-8-9-33-2)21(14-7-10-34-13-14)22(17-5-3-15(25)11-18(17)27)30-31(24)20-6-4-16(26)12-19(20)28/h3-7,10-13,21H,8-9H2,1-2H3,(H,29,32). The first kappa shape index (κ1) is 23.9. The van der Waals surface area contributed by atoms with Crippen LogP contribution in [0.1, 0.15) is 24.0 Å². The number of hydrogen-bond acceptors (Lipinski definition) is 5. The highest BCUT2D eigenvalue weighted by Gasteiger charge is 2.55. The number of carbonyl (C=O) groups excluding carboxylic acids is 1. The number of anilines is 1. The van der Waals surface area contributed by atoms with Crippen LogP contribution in [-0.4, -0.2) is 37.4 Å².